The van der Waals surface area contributed by atoms with Crippen LogP contribution in [-0.2, 0) is 11.3 Å². The lowest BCUT2D eigenvalue weighted by Gasteiger charge is -2.44. The number of nitrogens with two attached hydrogens (primary N) is 1. The summed E-state index contributed by atoms with van der Waals surface area (Å²) in [6, 6.07) is 1.99. The molecule has 1 aromatic heterocycles. The van der Waals surface area contributed by atoms with Crippen molar-refractivity contribution >= 4 is 5.69 Å². The molecule has 2 heterocycles. The first kappa shape index (κ1) is 11.4. The van der Waals surface area contributed by atoms with Gasteiger partial charge < -0.3 is 15.4 Å². The van der Waals surface area contributed by atoms with Crippen molar-refractivity contribution in [3.8, 4) is 0 Å². The molecular formula is C12H19N3O. The molecule has 0 unspecified atom stereocenters. The Morgan fingerprint density at radius 1 is 1.56 bits per heavy atom. The first-order valence-corrected chi connectivity index (χ1v) is 5.63. The van der Waals surface area contributed by atoms with Gasteiger partial charge in [-0.2, -0.15) is 0 Å². The van der Waals surface area contributed by atoms with Gasteiger partial charge in [-0.3, -0.25) is 4.98 Å². The molecule has 1 saturated heterocycles. The number of ether oxygens (including phenoxy) is 1. The van der Waals surface area contributed by atoms with Gasteiger partial charge in [-0.1, -0.05) is 0 Å². The summed E-state index contributed by atoms with van der Waals surface area (Å²) in [5.74, 6) is 0. The van der Waals surface area contributed by atoms with E-state index < -0.39 is 0 Å². The molecule has 1 aromatic rings. The van der Waals surface area contributed by atoms with Crippen molar-refractivity contribution in [2.45, 2.75) is 25.9 Å². The molecule has 1 aliphatic rings. The molecule has 4 heteroatoms. The second kappa shape index (κ2) is 4.39. The van der Waals surface area contributed by atoms with Gasteiger partial charge in [-0.25, -0.2) is 0 Å². The van der Waals surface area contributed by atoms with Gasteiger partial charge in [0.25, 0.3) is 0 Å². The van der Waals surface area contributed by atoms with Gasteiger partial charge in [0.2, 0.25) is 0 Å². The van der Waals surface area contributed by atoms with Crippen LogP contribution in [0.1, 0.15) is 19.4 Å². The Morgan fingerprint density at radius 3 is 3.06 bits per heavy atom. The second-order valence-corrected chi connectivity index (χ2v) is 4.73. The number of pyridine rings is 1. The van der Waals surface area contributed by atoms with Gasteiger partial charge in [-0.05, 0) is 25.5 Å². The standard InChI is InChI=1S/C12H19N3O/c1-12(2)9-16-6-5-15(12)11-8-14-4-3-10(11)7-13/h3-4,8H,5-7,9,13H2,1-2H3. The number of aromatic nitrogens is 1. The van der Waals surface area contributed by atoms with Crippen molar-refractivity contribution < 1.29 is 4.74 Å². The van der Waals surface area contributed by atoms with E-state index in [9.17, 15) is 0 Å². The van der Waals surface area contributed by atoms with Crippen molar-refractivity contribution in [1.29, 1.82) is 0 Å². The number of anilines is 1. The lowest BCUT2D eigenvalue weighted by Crippen LogP contribution is -2.53. The van der Waals surface area contributed by atoms with E-state index in [2.05, 4.69) is 23.7 Å². The zero-order valence-corrected chi connectivity index (χ0v) is 9.94. The zero-order valence-electron chi connectivity index (χ0n) is 9.94. The Hall–Kier alpha value is -1.13. The molecule has 16 heavy (non-hydrogen) atoms. The Balaban J connectivity index is 2.34. The number of hydrogen-bond donors (Lipinski definition) is 1. The van der Waals surface area contributed by atoms with Crippen LogP contribution in [0.5, 0.6) is 0 Å². The lowest BCUT2D eigenvalue weighted by molar-refractivity contribution is 0.0642. The molecule has 2 N–H and O–H groups in total. The third kappa shape index (κ3) is 2.03. The summed E-state index contributed by atoms with van der Waals surface area (Å²) in [6.45, 7) is 7.31. The van der Waals surface area contributed by atoms with E-state index in [-0.39, 0.29) is 5.54 Å². The second-order valence-electron chi connectivity index (χ2n) is 4.73. The average molecular weight is 221 g/mol. The van der Waals surface area contributed by atoms with Crippen LogP contribution in [0.3, 0.4) is 0 Å². The van der Waals surface area contributed by atoms with Gasteiger partial charge in [0.15, 0.2) is 0 Å². The highest BCUT2D eigenvalue weighted by atomic mass is 16.5. The normalized spacial score (nSPS) is 19.8. The fourth-order valence-corrected chi connectivity index (χ4v) is 2.14. The van der Waals surface area contributed by atoms with Gasteiger partial charge in [0.05, 0.1) is 30.6 Å². The molecule has 0 aromatic carbocycles. The number of hydrogen-bond acceptors (Lipinski definition) is 4. The molecule has 0 radical (unpaired) electrons. The predicted molar refractivity (Wildman–Crippen MR) is 64.4 cm³/mol. The highest BCUT2D eigenvalue weighted by Gasteiger charge is 2.31. The van der Waals surface area contributed by atoms with E-state index in [1.165, 1.54) is 0 Å². The van der Waals surface area contributed by atoms with Crippen LogP contribution in [0.15, 0.2) is 18.5 Å². The first-order chi connectivity index (χ1) is 7.65. The SMILES string of the molecule is CC1(C)COCCN1c1cnccc1CN. The predicted octanol–water partition coefficient (Wildman–Crippen LogP) is 1.16. The van der Waals surface area contributed by atoms with Crippen LogP contribution in [0.2, 0.25) is 0 Å². The van der Waals surface area contributed by atoms with Crippen molar-refractivity contribution in [1.82, 2.24) is 4.98 Å². The van der Waals surface area contributed by atoms with E-state index in [4.69, 9.17) is 10.5 Å². The van der Waals surface area contributed by atoms with Crippen molar-refractivity contribution in [2.24, 2.45) is 5.73 Å². The highest BCUT2D eigenvalue weighted by molar-refractivity contribution is 5.54. The molecule has 4 nitrogen and oxygen atoms in total. The number of morpholine rings is 1. The van der Waals surface area contributed by atoms with Crippen molar-refractivity contribution in [2.75, 3.05) is 24.7 Å². The van der Waals surface area contributed by atoms with Gasteiger partial charge in [0.1, 0.15) is 0 Å². The summed E-state index contributed by atoms with van der Waals surface area (Å²) in [7, 11) is 0. The Morgan fingerprint density at radius 2 is 2.38 bits per heavy atom. The monoisotopic (exact) mass is 221 g/mol. The summed E-state index contributed by atoms with van der Waals surface area (Å²) in [5, 5.41) is 0. The van der Waals surface area contributed by atoms with E-state index in [1.807, 2.05) is 12.3 Å². The van der Waals surface area contributed by atoms with Crippen LogP contribution in [0.25, 0.3) is 0 Å². The lowest BCUT2D eigenvalue weighted by atomic mass is 10.0. The van der Waals surface area contributed by atoms with E-state index in [0.29, 0.717) is 6.54 Å². The minimum Gasteiger partial charge on any atom is -0.377 e. The molecule has 2 rings (SSSR count). The maximum atomic E-state index is 5.76. The van der Waals surface area contributed by atoms with Crippen molar-refractivity contribution in [3.63, 3.8) is 0 Å². The smallest absolute Gasteiger partial charge is 0.0694 e. The molecule has 0 aliphatic carbocycles. The van der Waals surface area contributed by atoms with Crippen LogP contribution in [-0.4, -0.2) is 30.3 Å². The Labute approximate surface area is 96.4 Å². The fourth-order valence-electron chi connectivity index (χ4n) is 2.14. The van der Waals surface area contributed by atoms with Crippen LogP contribution < -0.4 is 10.6 Å². The third-order valence-electron chi connectivity index (χ3n) is 3.04. The first-order valence-electron chi connectivity index (χ1n) is 5.63. The number of rotatable bonds is 2. The molecule has 0 saturated carbocycles. The molecule has 1 fully saturated rings. The maximum absolute atomic E-state index is 5.76. The summed E-state index contributed by atoms with van der Waals surface area (Å²) >= 11 is 0. The quantitative estimate of drug-likeness (QED) is 0.814. The van der Waals surface area contributed by atoms with E-state index in [1.54, 1.807) is 6.20 Å². The van der Waals surface area contributed by atoms with Crippen LogP contribution in [0, 0.1) is 0 Å². The summed E-state index contributed by atoms with van der Waals surface area (Å²) in [5.41, 5.74) is 8.05. The van der Waals surface area contributed by atoms with Crippen LogP contribution in [0.4, 0.5) is 5.69 Å². The van der Waals surface area contributed by atoms with Crippen molar-refractivity contribution in [3.05, 3.63) is 24.0 Å². The average Bonchev–Trinajstić information content (AvgIpc) is 2.28. The minimum atomic E-state index is 0.00516. The van der Waals surface area contributed by atoms with Crippen LogP contribution >= 0.6 is 0 Å². The highest BCUT2D eigenvalue weighted by Crippen LogP contribution is 2.28. The molecule has 0 bridgehead atoms. The molecule has 0 atom stereocenters. The fraction of sp³-hybridized carbons (Fsp3) is 0.583. The molecule has 1 aliphatic heterocycles. The topological polar surface area (TPSA) is 51.4 Å². The van der Waals surface area contributed by atoms with Gasteiger partial charge in [0, 0.05) is 19.3 Å². The van der Waals surface area contributed by atoms with E-state index >= 15 is 0 Å². The summed E-state index contributed by atoms with van der Waals surface area (Å²) < 4.78 is 5.52. The third-order valence-corrected chi connectivity index (χ3v) is 3.04. The summed E-state index contributed by atoms with van der Waals surface area (Å²) in [6.07, 6.45) is 3.69. The zero-order chi connectivity index (χ0) is 11.6. The van der Waals surface area contributed by atoms with E-state index in [0.717, 1.165) is 31.0 Å². The largest absolute Gasteiger partial charge is 0.377 e. The maximum Gasteiger partial charge on any atom is 0.0694 e. The molecule has 88 valence electrons. The van der Waals surface area contributed by atoms with Gasteiger partial charge >= 0.3 is 0 Å². The summed E-state index contributed by atoms with van der Waals surface area (Å²) in [4.78, 5) is 6.53. The Kier molecular flexibility index (Phi) is 3.12. The van der Waals surface area contributed by atoms with Gasteiger partial charge in [-0.15, -0.1) is 0 Å². The Bertz CT molecular complexity index is 365. The minimum absolute atomic E-state index is 0.00516. The number of nitrogens with zero attached hydrogens (tertiary/aromatic N) is 2. The molecular weight excluding hydrogens is 202 g/mol. The molecule has 0 amide bonds. The molecule has 0 spiro atoms.